The number of hydrogen-bond donors (Lipinski definition) is 1. The molecule has 0 aliphatic carbocycles. The molecule has 1 aromatic heterocycles. The van der Waals surface area contributed by atoms with Gasteiger partial charge in [-0.15, -0.1) is 0 Å². The van der Waals surface area contributed by atoms with Crippen LogP contribution in [0.15, 0.2) is 106 Å². The van der Waals surface area contributed by atoms with Crippen molar-refractivity contribution in [2.24, 2.45) is 5.92 Å². The van der Waals surface area contributed by atoms with Crippen molar-refractivity contribution in [1.82, 2.24) is 0 Å². The highest BCUT2D eigenvalue weighted by atomic mass is 16.5. The summed E-state index contributed by atoms with van der Waals surface area (Å²) in [6.07, 6.45) is 0.887. The first-order valence-corrected chi connectivity index (χ1v) is 13.4. The van der Waals surface area contributed by atoms with Crippen LogP contribution in [-0.4, -0.2) is 11.7 Å². The van der Waals surface area contributed by atoms with Gasteiger partial charge in [0, 0.05) is 23.8 Å². The second kappa shape index (κ2) is 12.4. The van der Waals surface area contributed by atoms with Crippen LogP contribution in [0.25, 0.3) is 22.3 Å². The molecule has 1 N–H and O–H groups in total. The van der Waals surface area contributed by atoms with Crippen LogP contribution in [0.5, 0.6) is 23.0 Å². The fourth-order valence-electron chi connectivity index (χ4n) is 4.24. The predicted octanol–water partition coefficient (Wildman–Crippen LogP) is 7.75. The summed E-state index contributed by atoms with van der Waals surface area (Å²) >= 11 is 0. The van der Waals surface area contributed by atoms with E-state index >= 15 is 0 Å². The van der Waals surface area contributed by atoms with Crippen molar-refractivity contribution in [2.45, 2.75) is 33.5 Å². The Kier molecular flexibility index (Phi) is 8.35. The first kappa shape index (κ1) is 26.9. The highest BCUT2D eigenvalue weighted by Crippen LogP contribution is 2.36. The van der Waals surface area contributed by atoms with Gasteiger partial charge in [0.15, 0.2) is 16.9 Å². The van der Waals surface area contributed by atoms with E-state index in [4.69, 9.17) is 18.6 Å². The standard InChI is InChI=1S/C34H32O6/c1-23(2)15-16-37-32-17-26(13-14-30(32)39-22-25-11-7-4-8-12-25)31-20-29(36)34-28(35)18-27(19-33(34)40-31)38-21-24-9-5-3-6-10-24/h3-14,17-20,23,35H,15-16,21-22H2,1-2H3. The van der Waals surface area contributed by atoms with Gasteiger partial charge in [-0.25, -0.2) is 0 Å². The first-order chi connectivity index (χ1) is 19.5. The molecule has 40 heavy (non-hydrogen) atoms. The van der Waals surface area contributed by atoms with Gasteiger partial charge in [0.05, 0.1) is 6.61 Å². The molecule has 0 unspecified atom stereocenters. The van der Waals surface area contributed by atoms with Crippen molar-refractivity contribution in [3.05, 3.63) is 118 Å². The van der Waals surface area contributed by atoms with E-state index < -0.39 is 0 Å². The Bertz CT molecular complexity index is 1620. The van der Waals surface area contributed by atoms with Crippen molar-refractivity contribution < 1.29 is 23.7 Å². The molecule has 0 amide bonds. The largest absolute Gasteiger partial charge is 0.507 e. The molecule has 0 bridgehead atoms. The van der Waals surface area contributed by atoms with E-state index in [0.717, 1.165) is 17.5 Å². The van der Waals surface area contributed by atoms with Crippen LogP contribution >= 0.6 is 0 Å². The zero-order chi connectivity index (χ0) is 27.9. The number of phenols is 1. The molecule has 6 nitrogen and oxygen atoms in total. The van der Waals surface area contributed by atoms with Crippen LogP contribution in [0.3, 0.4) is 0 Å². The minimum absolute atomic E-state index is 0.104. The average molecular weight is 537 g/mol. The topological polar surface area (TPSA) is 78.1 Å². The van der Waals surface area contributed by atoms with Crippen LogP contribution in [0, 0.1) is 5.92 Å². The summed E-state index contributed by atoms with van der Waals surface area (Å²) in [6.45, 7) is 5.53. The molecular formula is C34H32O6. The molecule has 6 heteroatoms. The van der Waals surface area contributed by atoms with E-state index in [1.165, 1.54) is 12.1 Å². The Morgan fingerprint density at radius 2 is 1.43 bits per heavy atom. The number of hydrogen-bond acceptors (Lipinski definition) is 6. The van der Waals surface area contributed by atoms with Gasteiger partial charge in [0.2, 0.25) is 0 Å². The van der Waals surface area contributed by atoms with Gasteiger partial charge in [-0.2, -0.15) is 0 Å². The van der Waals surface area contributed by atoms with Gasteiger partial charge in [-0.05, 0) is 41.7 Å². The molecule has 1 heterocycles. The third-order valence-corrected chi connectivity index (χ3v) is 6.45. The molecule has 204 valence electrons. The number of ether oxygens (including phenoxy) is 3. The molecule has 5 aromatic rings. The number of fused-ring (bicyclic) bond motifs is 1. The lowest BCUT2D eigenvalue weighted by Gasteiger charge is -2.15. The Morgan fingerprint density at radius 3 is 2.10 bits per heavy atom. The molecule has 0 radical (unpaired) electrons. The molecule has 0 saturated carbocycles. The van der Waals surface area contributed by atoms with E-state index in [2.05, 4.69) is 13.8 Å². The maximum atomic E-state index is 13.0. The average Bonchev–Trinajstić information content (AvgIpc) is 2.96. The summed E-state index contributed by atoms with van der Waals surface area (Å²) in [5.41, 5.74) is 2.56. The number of aromatic hydroxyl groups is 1. The van der Waals surface area contributed by atoms with Crippen LogP contribution in [-0.2, 0) is 13.2 Å². The Hall–Kier alpha value is -4.71. The zero-order valence-corrected chi connectivity index (χ0v) is 22.6. The summed E-state index contributed by atoms with van der Waals surface area (Å²) in [4.78, 5) is 13.0. The lowest BCUT2D eigenvalue weighted by Crippen LogP contribution is -2.05. The van der Waals surface area contributed by atoms with E-state index in [1.807, 2.05) is 78.9 Å². The molecule has 0 aliphatic rings. The van der Waals surface area contributed by atoms with Gasteiger partial charge in [-0.1, -0.05) is 74.5 Å². The molecular weight excluding hydrogens is 504 g/mol. The predicted molar refractivity (Wildman–Crippen MR) is 156 cm³/mol. The number of rotatable bonds is 11. The minimum Gasteiger partial charge on any atom is -0.507 e. The summed E-state index contributed by atoms with van der Waals surface area (Å²) in [5, 5.41) is 10.7. The van der Waals surface area contributed by atoms with Gasteiger partial charge < -0.3 is 23.7 Å². The van der Waals surface area contributed by atoms with Gasteiger partial charge in [0.1, 0.15) is 41.4 Å². The Balaban J connectivity index is 1.45. The Morgan fingerprint density at radius 1 is 0.750 bits per heavy atom. The van der Waals surface area contributed by atoms with Gasteiger partial charge in [0.25, 0.3) is 0 Å². The minimum atomic E-state index is -0.352. The SMILES string of the molecule is CC(C)CCOc1cc(-c2cc(=O)c3c(O)cc(OCc4ccccc4)cc3o2)ccc1OCc1ccccc1. The smallest absolute Gasteiger partial charge is 0.197 e. The van der Waals surface area contributed by atoms with Crippen molar-refractivity contribution in [1.29, 1.82) is 0 Å². The summed E-state index contributed by atoms with van der Waals surface area (Å²) in [6, 6.07) is 29.5. The lowest BCUT2D eigenvalue weighted by atomic mass is 10.1. The van der Waals surface area contributed by atoms with Crippen LogP contribution in [0.4, 0.5) is 0 Å². The molecule has 0 saturated heterocycles. The molecule has 4 aromatic carbocycles. The Labute approximate surface area is 233 Å². The quantitative estimate of drug-likeness (QED) is 0.186. The monoisotopic (exact) mass is 536 g/mol. The summed E-state index contributed by atoms with van der Waals surface area (Å²) < 4.78 is 24.2. The maximum Gasteiger partial charge on any atom is 0.197 e. The molecule has 0 atom stereocenters. The first-order valence-electron chi connectivity index (χ1n) is 13.4. The second-order valence-corrected chi connectivity index (χ2v) is 10.0. The highest BCUT2D eigenvalue weighted by Gasteiger charge is 2.16. The normalized spacial score (nSPS) is 11.1. The van der Waals surface area contributed by atoms with Crippen molar-refractivity contribution in [3.8, 4) is 34.3 Å². The van der Waals surface area contributed by atoms with Crippen LogP contribution < -0.4 is 19.6 Å². The van der Waals surface area contributed by atoms with Crippen LogP contribution in [0.2, 0.25) is 0 Å². The third kappa shape index (κ3) is 6.64. The number of phenolic OH excluding ortho intramolecular Hbond substituents is 1. The maximum absolute atomic E-state index is 13.0. The summed E-state index contributed by atoms with van der Waals surface area (Å²) in [7, 11) is 0. The fourth-order valence-corrected chi connectivity index (χ4v) is 4.24. The lowest BCUT2D eigenvalue weighted by molar-refractivity contribution is 0.251. The number of benzene rings is 4. The van der Waals surface area contributed by atoms with E-state index in [-0.39, 0.29) is 22.1 Å². The van der Waals surface area contributed by atoms with Gasteiger partial charge in [-0.3, -0.25) is 4.79 Å². The highest BCUT2D eigenvalue weighted by molar-refractivity contribution is 5.86. The molecule has 0 aliphatic heterocycles. The van der Waals surface area contributed by atoms with Crippen molar-refractivity contribution in [3.63, 3.8) is 0 Å². The van der Waals surface area contributed by atoms with Gasteiger partial charge >= 0.3 is 0 Å². The van der Waals surface area contributed by atoms with Crippen LogP contribution in [0.1, 0.15) is 31.4 Å². The van der Waals surface area contributed by atoms with E-state index in [1.54, 1.807) is 6.07 Å². The van der Waals surface area contributed by atoms with Crippen molar-refractivity contribution >= 4 is 11.0 Å². The molecule has 0 spiro atoms. The molecule has 5 rings (SSSR count). The van der Waals surface area contributed by atoms with Crippen molar-refractivity contribution in [2.75, 3.05) is 6.61 Å². The molecule has 0 fully saturated rings. The summed E-state index contributed by atoms with van der Waals surface area (Å²) in [5.74, 6) is 2.22. The zero-order valence-electron chi connectivity index (χ0n) is 22.6. The van der Waals surface area contributed by atoms with E-state index in [9.17, 15) is 9.90 Å². The second-order valence-electron chi connectivity index (χ2n) is 10.0. The third-order valence-electron chi connectivity index (χ3n) is 6.45. The van der Waals surface area contributed by atoms with E-state index in [0.29, 0.717) is 54.3 Å². The fraction of sp³-hybridized carbons (Fsp3) is 0.206.